The molecular weight excluding hydrogens is 198 g/mol. The van der Waals surface area contributed by atoms with Crippen molar-refractivity contribution in [3.8, 4) is 0 Å². The molecule has 0 radical (unpaired) electrons. The molecule has 0 saturated heterocycles. The molecule has 16 heavy (non-hydrogen) atoms. The predicted octanol–water partition coefficient (Wildman–Crippen LogP) is 2.88. The molecule has 2 heteroatoms. The van der Waals surface area contributed by atoms with Crippen LogP contribution in [0.4, 0.5) is 5.69 Å². The van der Waals surface area contributed by atoms with E-state index in [1.165, 1.54) is 24.1 Å². The van der Waals surface area contributed by atoms with E-state index in [1.807, 2.05) is 0 Å². The minimum Gasteiger partial charge on any atom is -0.388 e. The number of aryl methyl sites for hydroxylation is 1. The van der Waals surface area contributed by atoms with E-state index in [0.29, 0.717) is 6.04 Å². The molecule has 1 heterocycles. The van der Waals surface area contributed by atoms with Crippen molar-refractivity contribution in [2.45, 2.75) is 44.8 Å². The first-order valence-corrected chi connectivity index (χ1v) is 6.36. The summed E-state index contributed by atoms with van der Waals surface area (Å²) in [4.78, 5) is 0. The van der Waals surface area contributed by atoms with Crippen molar-refractivity contribution in [2.75, 3.05) is 5.32 Å². The van der Waals surface area contributed by atoms with Gasteiger partial charge in [-0.1, -0.05) is 25.1 Å². The molecule has 1 aliphatic heterocycles. The van der Waals surface area contributed by atoms with E-state index < -0.39 is 0 Å². The van der Waals surface area contributed by atoms with Gasteiger partial charge in [-0.2, -0.15) is 0 Å². The maximum absolute atomic E-state index is 10.2. The summed E-state index contributed by atoms with van der Waals surface area (Å²) in [7, 11) is 0. The van der Waals surface area contributed by atoms with Crippen molar-refractivity contribution in [3.05, 3.63) is 29.3 Å². The Morgan fingerprint density at radius 2 is 2.19 bits per heavy atom. The van der Waals surface area contributed by atoms with Crippen molar-refractivity contribution in [1.29, 1.82) is 0 Å². The molecule has 1 fully saturated rings. The van der Waals surface area contributed by atoms with Gasteiger partial charge >= 0.3 is 0 Å². The minimum atomic E-state index is -0.270. The van der Waals surface area contributed by atoms with Crippen LogP contribution in [0, 0.1) is 5.92 Å². The number of benzene rings is 1. The summed E-state index contributed by atoms with van der Waals surface area (Å²) in [5, 5.41) is 13.8. The monoisotopic (exact) mass is 217 g/mol. The smallest absolute Gasteiger partial charge is 0.0829 e. The summed E-state index contributed by atoms with van der Waals surface area (Å²) in [6.45, 7) is 2.17. The quantitative estimate of drug-likeness (QED) is 0.798. The van der Waals surface area contributed by atoms with Gasteiger partial charge in [-0.05, 0) is 37.2 Å². The first-order valence-electron chi connectivity index (χ1n) is 6.36. The Kier molecular flexibility index (Phi) is 2.40. The molecule has 2 unspecified atom stereocenters. The molecule has 86 valence electrons. The SMILES string of the molecule is CCc1cccc2c1NC(C1CC1)CC2O. The van der Waals surface area contributed by atoms with E-state index >= 15 is 0 Å². The van der Waals surface area contributed by atoms with E-state index in [9.17, 15) is 5.11 Å². The van der Waals surface area contributed by atoms with Crippen LogP contribution in [0.5, 0.6) is 0 Å². The van der Waals surface area contributed by atoms with Gasteiger partial charge in [0.15, 0.2) is 0 Å². The first-order chi connectivity index (χ1) is 7.79. The van der Waals surface area contributed by atoms with Crippen LogP contribution >= 0.6 is 0 Å². The normalized spacial score (nSPS) is 28.4. The molecule has 3 rings (SSSR count). The second kappa shape index (κ2) is 3.77. The topological polar surface area (TPSA) is 32.3 Å². The summed E-state index contributed by atoms with van der Waals surface area (Å²) in [6, 6.07) is 6.76. The molecular formula is C14H19NO. The van der Waals surface area contributed by atoms with Crippen molar-refractivity contribution in [1.82, 2.24) is 0 Å². The first kappa shape index (κ1) is 10.2. The van der Waals surface area contributed by atoms with Crippen LogP contribution in [-0.2, 0) is 6.42 Å². The molecule has 0 amide bonds. The molecule has 1 aliphatic carbocycles. The third-order valence-corrected chi connectivity index (χ3v) is 3.92. The lowest BCUT2D eigenvalue weighted by atomic mass is 9.90. The van der Waals surface area contributed by atoms with Gasteiger partial charge in [0, 0.05) is 17.3 Å². The largest absolute Gasteiger partial charge is 0.388 e. The maximum atomic E-state index is 10.2. The van der Waals surface area contributed by atoms with Gasteiger partial charge in [0.25, 0.3) is 0 Å². The highest BCUT2D eigenvalue weighted by Gasteiger charge is 2.36. The Labute approximate surface area is 96.7 Å². The Morgan fingerprint density at radius 1 is 1.38 bits per heavy atom. The average molecular weight is 217 g/mol. The molecule has 2 N–H and O–H groups in total. The number of para-hydroxylation sites is 1. The van der Waals surface area contributed by atoms with Gasteiger partial charge in [-0.3, -0.25) is 0 Å². The fourth-order valence-electron chi connectivity index (χ4n) is 2.79. The number of aliphatic hydroxyl groups excluding tert-OH is 1. The highest BCUT2D eigenvalue weighted by molar-refractivity contribution is 5.61. The molecule has 2 atom stereocenters. The van der Waals surface area contributed by atoms with Crippen molar-refractivity contribution < 1.29 is 5.11 Å². The zero-order chi connectivity index (χ0) is 11.1. The Balaban J connectivity index is 1.97. The third-order valence-electron chi connectivity index (χ3n) is 3.92. The molecule has 0 aromatic heterocycles. The number of rotatable bonds is 2. The summed E-state index contributed by atoms with van der Waals surface area (Å²) in [5.74, 6) is 0.799. The average Bonchev–Trinajstić information content (AvgIpc) is 3.12. The number of anilines is 1. The number of nitrogens with one attached hydrogen (secondary N) is 1. The molecule has 2 aliphatic rings. The van der Waals surface area contributed by atoms with Gasteiger partial charge in [0.2, 0.25) is 0 Å². The molecule has 1 saturated carbocycles. The summed E-state index contributed by atoms with van der Waals surface area (Å²) >= 11 is 0. The van der Waals surface area contributed by atoms with Crippen molar-refractivity contribution >= 4 is 5.69 Å². The molecule has 0 spiro atoms. The van der Waals surface area contributed by atoms with E-state index in [1.54, 1.807) is 0 Å². The second-order valence-corrected chi connectivity index (χ2v) is 5.07. The van der Waals surface area contributed by atoms with Crippen LogP contribution in [0.2, 0.25) is 0 Å². The van der Waals surface area contributed by atoms with Crippen LogP contribution in [0.1, 0.15) is 43.4 Å². The number of fused-ring (bicyclic) bond motifs is 1. The molecule has 1 aromatic carbocycles. The van der Waals surface area contributed by atoms with E-state index in [-0.39, 0.29) is 6.10 Å². The van der Waals surface area contributed by atoms with E-state index in [0.717, 1.165) is 24.3 Å². The number of hydrogen-bond acceptors (Lipinski definition) is 2. The number of aliphatic hydroxyl groups is 1. The standard InChI is InChI=1S/C14H19NO/c1-2-9-4-3-5-11-13(16)8-12(10-6-7-10)15-14(9)11/h3-5,10,12-13,15-16H,2,6-8H2,1H3. The fraction of sp³-hybridized carbons (Fsp3) is 0.571. The van der Waals surface area contributed by atoms with Crippen molar-refractivity contribution in [3.63, 3.8) is 0 Å². The van der Waals surface area contributed by atoms with Gasteiger partial charge in [-0.25, -0.2) is 0 Å². The molecule has 0 bridgehead atoms. The lowest BCUT2D eigenvalue weighted by Crippen LogP contribution is -2.30. The van der Waals surface area contributed by atoms with E-state index in [4.69, 9.17) is 0 Å². The zero-order valence-electron chi connectivity index (χ0n) is 9.74. The van der Waals surface area contributed by atoms with Crippen LogP contribution in [0.15, 0.2) is 18.2 Å². The lowest BCUT2D eigenvalue weighted by Gasteiger charge is -2.32. The van der Waals surface area contributed by atoms with E-state index in [2.05, 4.69) is 30.4 Å². The van der Waals surface area contributed by atoms with Crippen LogP contribution in [0.3, 0.4) is 0 Å². The van der Waals surface area contributed by atoms with Gasteiger partial charge in [0.05, 0.1) is 6.10 Å². The second-order valence-electron chi connectivity index (χ2n) is 5.07. The Bertz CT molecular complexity index is 398. The summed E-state index contributed by atoms with van der Waals surface area (Å²) in [6.07, 6.45) is 4.29. The van der Waals surface area contributed by atoms with Crippen molar-refractivity contribution in [2.24, 2.45) is 5.92 Å². The van der Waals surface area contributed by atoms with Crippen LogP contribution in [-0.4, -0.2) is 11.1 Å². The maximum Gasteiger partial charge on any atom is 0.0829 e. The Morgan fingerprint density at radius 3 is 2.88 bits per heavy atom. The minimum absolute atomic E-state index is 0.270. The van der Waals surface area contributed by atoms with Gasteiger partial charge < -0.3 is 10.4 Å². The third kappa shape index (κ3) is 1.61. The number of hydrogen-bond donors (Lipinski definition) is 2. The van der Waals surface area contributed by atoms with Gasteiger partial charge in [-0.15, -0.1) is 0 Å². The van der Waals surface area contributed by atoms with Gasteiger partial charge in [0.1, 0.15) is 0 Å². The predicted molar refractivity (Wildman–Crippen MR) is 65.5 cm³/mol. The van der Waals surface area contributed by atoms with Crippen LogP contribution < -0.4 is 5.32 Å². The fourth-order valence-corrected chi connectivity index (χ4v) is 2.79. The summed E-state index contributed by atoms with van der Waals surface area (Å²) < 4.78 is 0. The zero-order valence-corrected chi connectivity index (χ0v) is 9.74. The Hall–Kier alpha value is -1.02. The highest BCUT2D eigenvalue weighted by atomic mass is 16.3. The summed E-state index contributed by atoms with van der Waals surface area (Å²) in [5.41, 5.74) is 3.64. The molecule has 1 aromatic rings. The lowest BCUT2D eigenvalue weighted by molar-refractivity contribution is 0.152. The van der Waals surface area contributed by atoms with Crippen LogP contribution in [0.25, 0.3) is 0 Å². The molecule has 2 nitrogen and oxygen atoms in total. The highest BCUT2D eigenvalue weighted by Crippen LogP contribution is 2.43.